The van der Waals surface area contributed by atoms with Crippen LogP contribution < -0.4 is 10.5 Å². The lowest BCUT2D eigenvalue weighted by Crippen LogP contribution is -2.00. The van der Waals surface area contributed by atoms with Crippen molar-refractivity contribution in [3.05, 3.63) is 64.1 Å². The summed E-state index contributed by atoms with van der Waals surface area (Å²) in [5.41, 5.74) is 9.01. The monoisotopic (exact) mass is 369 g/mol. The minimum absolute atomic E-state index is 0.142. The molecule has 0 atom stereocenters. The van der Waals surface area contributed by atoms with Crippen molar-refractivity contribution >= 4 is 29.0 Å². The third kappa shape index (κ3) is 3.39. The van der Waals surface area contributed by atoms with Crippen molar-refractivity contribution in [2.45, 2.75) is 0 Å². The van der Waals surface area contributed by atoms with E-state index in [1.54, 1.807) is 31.4 Å². The summed E-state index contributed by atoms with van der Waals surface area (Å²) in [4.78, 5) is 4.35. The van der Waals surface area contributed by atoms with E-state index in [0.29, 0.717) is 32.6 Å². The molecule has 0 aliphatic heterocycles. The summed E-state index contributed by atoms with van der Waals surface area (Å²) in [6.07, 6.45) is 0. The van der Waals surface area contributed by atoms with E-state index in [1.165, 1.54) is 0 Å². The van der Waals surface area contributed by atoms with Crippen molar-refractivity contribution in [3.63, 3.8) is 0 Å². The Hall–Kier alpha value is -2.74. The molecule has 0 saturated carbocycles. The van der Waals surface area contributed by atoms with E-state index in [4.69, 9.17) is 33.7 Å². The van der Waals surface area contributed by atoms with Crippen LogP contribution >= 0.6 is 23.2 Å². The number of ether oxygens (including phenoxy) is 1. The normalized spacial score (nSPS) is 10.3. The van der Waals surface area contributed by atoms with Crippen LogP contribution in [0, 0.1) is 11.3 Å². The second kappa shape index (κ2) is 7.02. The van der Waals surface area contributed by atoms with E-state index >= 15 is 0 Å². The average molecular weight is 370 g/mol. The molecule has 3 aromatic rings. The SMILES string of the molecule is COc1cccc(-c2cc(-c3ccc(Cl)cc3Cl)c(C#N)c(N)n2)c1. The lowest BCUT2D eigenvalue weighted by molar-refractivity contribution is 0.415. The zero-order valence-electron chi connectivity index (χ0n) is 13.3. The van der Waals surface area contributed by atoms with E-state index in [9.17, 15) is 5.26 Å². The topological polar surface area (TPSA) is 71.9 Å². The maximum absolute atomic E-state index is 9.49. The first-order valence-corrected chi connectivity index (χ1v) is 8.09. The van der Waals surface area contributed by atoms with Gasteiger partial charge in [0.2, 0.25) is 0 Å². The van der Waals surface area contributed by atoms with Crippen molar-refractivity contribution in [2.24, 2.45) is 0 Å². The van der Waals surface area contributed by atoms with Crippen LogP contribution in [0.5, 0.6) is 5.75 Å². The number of nitriles is 1. The summed E-state index contributed by atoms with van der Waals surface area (Å²) in [7, 11) is 1.60. The van der Waals surface area contributed by atoms with Gasteiger partial charge in [-0.2, -0.15) is 5.26 Å². The van der Waals surface area contributed by atoms with Gasteiger partial charge in [0.25, 0.3) is 0 Å². The molecular weight excluding hydrogens is 357 g/mol. The van der Waals surface area contributed by atoms with Crippen molar-refractivity contribution < 1.29 is 4.74 Å². The number of nitrogen functional groups attached to an aromatic ring is 1. The molecule has 0 unspecified atom stereocenters. The van der Waals surface area contributed by atoms with Gasteiger partial charge in [-0.15, -0.1) is 0 Å². The standard InChI is InChI=1S/C19H13Cl2N3O/c1-25-13-4-2-3-11(7-13)18-9-15(16(10-22)19(23)24-18)14-6-5-12(20)8-17(14)21/h2-9H,1H3,(H2,23,24). The Labute approximate surface area is 155 Å². The lowest BCUT2D eigenvalue weighted by Gasteiger charge is -2.12. The Balaban J connectivity index is 2.24. The molecule has 0 aliphatic rings. The van der Waals surface area contributed by atoms with Gasteiger partial charge in [0.15, 0.2) is 0 Å². The molecule has 3 rings (SSSR count). The molecule has 0 spiro atoms. The Bertz CT molecular complexity index is 996. The van der Waals surface area contributed by atoms with Gasteiger partial charge in [-0.05, 0) is 30.3 Å². The predicted molar refractivity (Wildman–Crippen MR) is 101 cm³/mol. The average Bonchev–Trinajstić information content (AvgIpc) is 2.61. The van der Waals surface area contributed by atoms with Gasteiger partial charge in [0.1, 0.15) is 23.2 Å². The van der Waals surface area contributed by atoms with E-state index in [1.807, 2.05) is 24.3 Å². The molecule has 1 heterocycles. The second-order valence-electron chi connectivity index (χ2n) is 5.28. The smallest absolute Gasteiger partial charge is 0.142 e. The number of rotatable bonds is 3. The number of aromatic nitrogens is 1. The fourth-order valence-corrected chi connectivity index (χ4v) is 3.04. The maximum Gasteiger partial charge on any atom is 0.142 e. The van der Waals surface area contributed by atoms with Crippen LogP contribution in [0.1, 0.15) is 5.56 Å². The second-order valence-corrected chi connectivity index (χ2v) is 6.13. The van der Waals surface area contributed by atoms with Crippen LogP contribution in [0.3, 0.4) is 0 Å². The zero-order chi connectivity index (χ0) is 18.0. The Kier molecular flexibility index (Phi) is 4.80. The minimum atomic E-state index is 0.142. The first-order valence-electron chi connectivity index (χ1n) is 7.34. The highest BCUT2D eigenvalue weighted by atomic mass is 35.5. The molecule has 2 N–H and O–H groups in total. The molecule has 0 saturated heterocycles. The number of hydrogen-bond acceptors (Lipinski definition) is 4. The molecule has 1 aromatic heterocycles. The summed E-state index contributed by atoms with van der Waals surface area (Å²) in [5, 5.41) is 10.4. The van der Waals surface area contributed by atoms with E-state index in [-0.39, 0.29) is 11.4 Å². The number of nitrogens with zero attached hydrogens (tertiary/aromatic N) is 2. The highest BCUT2D eigenvalue weighted by molar-refractivity contribution is 6.36. The zero-order valence-corrected chi connectivity index (χ0v) is 14.8. The van der Waals surface area contributed by atoms with Crippen LogP contribution in [0.25, 0.3) is 22.4 Å². The molecule has 25 heavy (non-hydrogen) atoms. The summed E-state index contributed by atoms with van der Waals surface area (Å²) in [6.45, 7) is 0. The van der Waals surface area contributed by atoms with E-state index < -0.39 is 0 Å². The van der Waals surface area contributed by atoms with Crippen LogP contribution in [-0.4, -0.2) is 12.1 Å². The molecule has 0 bridgehead atoms. The summed E-state index contributed by atoms with van der Waals surface area (Å²) < 4.78 is 5.25. The number of halogens is 2. The number of nitrogens with two attached hydrogens (primary N) is 1. The van der Waals surface area contributed by atoms with Gasteiger partial charge in [-0.1, -0.05) is 41.4 Å². The van der Waals surface area contributed by atoms with Crippen molar-refractivity contribution in [1.29, 1.82) is 5.26 Å². The number of pyridine rings is 1. The molecule has 0 radical (unpaired) electrons. The van der Waals surface area contributed by atoms with E-state index in [0.717, 1.165) is 5.56 Å². The molecule has 0 amide bonds. The fourth-order valence-electron chi connectivity index (χ4n) is 2.53. The predicted octanol–water partition coefficient (Wildman–Crippen LogP) is 5.18. The molecule has 0 fully saturated rings. The number of methoxy groups -OCH3 is 1. The third-order valence-electron chi connectivity index (χ3n) is 3.75. The number of anilines is 1. The molecule has 2 aromatic carbocycles. The van der Waals surface area contributed by atoms with Crippen molar-refractivity contribution in [3.8, 4) is 34.2 Å². The van der Waals surface area contributed by atoms with Crippen LogP contribution in [0.4, 0.5) is 5.82 Å². The minimum Gasteiger partial charge on any atom is -0.497 e. The molecular formula is C19H13Cl2N3O. The Morgan fingerprint density at radius 3 is 2.56 bits per heavy atom. The molecule has 4 nitrogen and oxygen atoms in total. The van der Waals surface area contributed by atoms with Crippen LogP contribution in [-0.2, 0) is 0 Å². The van der Waals surface area contributed by atoms with Crippen LogP contribution in [0.15, 0.2) is 48.5 Å². The van der Waals surface area contributed by atoms with Crippen molar-refractivity contribution in [2.75, 3.05) is 12.8 Å². The van der Waals surface area contributed by atoms with Gasteiger partial charge in [0.05, 0.1) is 12.8 Å². The Morgan fingerprint density at radius 1 is 1.08 bits per heavy atom. The van der Waals surface area contributed by atoms with Gasteiger partial charge in [-0.3, -0.25) is 0 Å². The Morgan fingerprint density at radius 2 is 1.88 bits per heavy atom. The van der Waals surface area contributed by atoms with Crippen LogP contribution in [0.2, 0.25) is 10.0 Å². The maximum atomic E-state index is 9.49. The molecule has 124 valence electrons. The largest absolute Gasteiger partial charge is 0.497 e. The summed E-state index contributed by atoms with van der Waals surface area (Å²) in [5.74, 6) is 0.845. The van der Waals surface area contributed by atoms with Gasteiger partial charge in [-0.25, -0.2) is 4.98 Å². The molecule has 6 heteroatoms. The quantitative estimate of drug-likeness (QED) is 0.689. The highest BCUT2D eigenvalue weighted by Crippen LogP contribution is 2.36. The lowest BCUT2D eigenvalue weighted by atomic mass is 9.98. The van der Waals surface area contributed by atoms with Gasteiger partial charge >= 0.3 is 0 Å². The highest BCUT2D eigenvalue weighted by Gasteiger charge is 2.16. The van der Waals surface area contributed by atoms with Crippen molar-refractivity contribution in [1.82, 2.24) is 4.98 Å². The first kappa shape index (κ1) is 17.1. The van der Waals surface area contributed by atoms with Gasteiger partial charge < -0.3 is 10.5 Å². The van der Waals surface area contributed by atoms with E-state index in [2.05, 4.69) is 11.1 Å². The summed E-state index contributed by atoms with van der Waals surface area (Å²) >= 11 is 12.3. The van der Waals surface area contributed by atoms with Gasteiger partial charge in [0, 0.05) is 26.7 Å². The number of hydrogen-bond donors (Lipinski definition) is 1. The molecule has 0 aliphatic carbocycles. The number of benzene rings is 2. The fraction of sp³-hybridized carbons (Fsp3) is 0.0526. The third-order valence-corrected chi connectivity index (χ3v) is 4.29. The summed E-state index contributed by atoms with van der Waals surface area (Å²) in [6, 6.07) is 16.4. The first-order chi connectivity index (χ1) is 12.0.